The van der Waals surface area contributed by atoms with Gasteiger partial charge in [-0.05, 0) is 42.2 Å². The summed E-state index contributed by atoms with van der Waals surface area (Å²) in [5.74, 6) is 1.54. The van der Waals surface area contributed by atoms with Crippen molar-refractivity contribution in [1.29, 1.82) is 0 Å². The number of para-hydroxylation sites is 1. The molecule has 6 atom stereocenters. The van der Waals surface area contributed by atoms with E-state index in [2.05, 4.69) is 17.6 Å². The van der Waals surface area contributed by atoms with Crippen LogP contribution in [0.2, 0.25) is 0 Å². The summed E-state index contributed by atoms with van der Waals surface area (Å²) in [6.45, 7) is 0. The minimum Gasteiger partial charge on any atom is -0.273 e. The SMILES string of the molecule is O=C1NN(c2ccccc2)C(=O)[C@@H]2[C@@H]3C=C[C@@H]([C@@H]4C[C@H]34)[C@@H]12. The molecule has 1 aromatic carbocycles. The Kier molecular flexibility index (Phi) is 2.06. The van der Waals surface area contributed by atoms with Gasteiger partial charge in [0.1, 0.15) is 0 Å². The fourth-order valence-corrected chi connectivity index (χ4v) is 4.73. The number of nitrogens with one attached hydrogen (secondary N) is 1. The maximum absolute atomic E-state index is 12.9. The molecule has 1 heterocycles. The zero-order valence-corrected chi connectivity index (χ0v) is 11.5. The lowest BCUT2D eigenvalue weighted by atomic mass is 9.61. The van der Waals surface area contributed by atoms with Gasteiger partial charge in [-0.15, -0.1) is 0 Å². The molecule has 4 nitrogen and oxygen atoms in total. The Bertz CT molecular complexity index is 669. The second-order valence-electron chi connectivity index (χ2n) is 6.64. The number of hydrogen-bond donors (Lipinski definition) is 1. The van der Waals surface area contributed by atoms with E-state index in [1.807, 2.05) is 30.3 Å². The quantitative estimate of drug-likeness (QED) is 0.797. The zero-order valence-electron chi connectivity index (χ0n) is 11.5. The highest BCUT2D eigenvalue weighted by Gasteiger charge is 2.64. The van der Waals surface area contributed by atoms with Crippen molar-refractivity contribution in [3.63, 3.8) is 0 Å². The number of benzene rings is 1. The smallest absolute Gasteiger partial charge is 0.250 e. The Morgan fingerprint density at radius 3 is 2.33 bits per heavy atom. The fraction of sp³-hybridized carbons (Fsp3) is 0.412. The Morgan fingerprint density at radius 1 is 0.952 bits per heavy atom. The van der Waals surface area contributed by atoms with Crippen LogP contribution in [0.3, 0.4) is 0 Å². The Morgan fingerprint density at radius 2 is 1.62 bits per heavy atom. The lowest BCUT2D eigenvalue weighted by Gasteiger charge is -2.48. The first-order valence-electron chi connectivity index (χ1n) is 7.63. The number of nitrogens with zero attached hydrogens (tertiary/aromatic N) is 1. The first-order valence-corrected chi connectivity index (χ1v) is 7.63. The van der Waals surface area contributed by atoms with E-state index in [1.165, 1.54) is 11.4 Å². The zero-order chi connectivity index (χ0) is 14.1. The predicted molar refractivity (Wildman–Crippen MR) is 76.8 cm³/mol. The third-order valence-corrected chi connectivity index (χ3v) is 5.70. The summed E-state index contributed by atoms with van der Waals surface area (Å²) in [7, 11) is 0. The van der Waals surface area contributed by atoms with Gasteiger partial charge >= 0.3 is 0 Å². The number of hydrogen-bond acceptors (Lipinski definition) is 2. The molecule has 0 aromatic heterocycles. The number of allylic oxidation sites excluding steroid dienone is 2. The highest BCUT2D eigenvalue weighted by atomic mass is 16.2. The van der Waals surface area contributed by atoms with Crippen LogP contribution >= 0.6 is 0 Å². The van der Waals surface area contributed by atoms with E-state index in [1.54, 1.807) is 0 Å². The minimum atomic E-state index is -0.169. The number of amides is 2. The van der Waals surface area contributed by atoms with E-state index < -0.39 is 0 Å². The summed E-state index contributed by atoms with van der Waals surface area (Å²) in [6, 6.07) is 9.38. The van der Waals surface area contributed by atoms with Crippen LogP contribution in [0.25, 0.3) is 0 Å². The molecule has 6 rings (SSSR count). The van der Waals surface area contributed by atoms with Crippen molar-refractivity contribution in [3.05, 3.63) is 42.5 Å². The molecule has 5 aliphatic rings. The highest BCUT2D eigenvalue weighted by Crippen LogP contribution is 2.64. The summed E-state index contributed by atoms with van der Waals surface area (Å²) in [6.07, 6.45) is 5.56. The van der Waals surface area contributed by atoms with Crippen LogP contribution in [0.5, 0.6) is 0 Å². The number of anilines is 1. The molecule has 0 radical (unpaired) electrons. The standard InChI is InChI=1S/C17H16N2O2/c20-16-14-10-6-7-11(13-8-12(10)13)15(14)17(21)19(18-16)9-4-2-1-3-5-9/h1-7,10-15H,8H2,(H,18,20)/t10-,11+,12-,13+,14+,15+/m0/s1. The molecule has 4 heteroatoms. The highest BCUT2D eigenvalue weighted by molar-refractivity contribution is 6.04. The van der Waals surface area contributed by atoms with Gasteiger partial charge in [0.15, 0.2) is 0 Å². The average molecular weight is 280 g/mol. The van der Waals surface area contributed by atoms with Crippen molar-refractivity contribution in [1.82, 2.24) is 5.43 Å². The number of carbonyl (C=O) groups excluding carboxylic acids is 2. The van der Waals surface area contributed by atoms with Gasteiger partial charge in [0.25, 0.3) is 0 Å². The van der Waals surface area contributed by atoms with Gasteiger partial charge in [0, 0.05) is 0 Å². The van der Waals surface area contributed by atoms with Crippen LogP contribution in [0.15, 0.2) is 42.5 Å². The molecule has 3 fully saturated rings. The van der Waals surface area contributed by atoms with E-state index in [0.29, 0.717) is 11.8 Å². The molecule has 1 aliphatic heterocycles. The van der Waals surface area contributed by atoms with Crippen molar-refractivity contribution in [2.45, 2.75) is 6.42 Å². The van der Waals surface area contributed by atoms with Gasteiger partial charge in [-0.3, -0.25) is 15.0 Å². The van der Waals surface area contributed by atoms with Crippen LogP contribution in [0.1, 0.15) is 6.42 Å². The molecule has 0 spiro atoms. The molecule has 2 saturated carbocycles. The summed E-state index contributed by atoms with van der Waals surface area (Å²) in [5, 5.41) is 1.45. The van der Waals surface area contributed by atoms with Gasteiger partial charge in [0.2, 0.25) is 11.8 Å². The van der Waals surface area contributed by atoms with Crippen molar-refractivity contribution in [2.24, 2.45) is 35.5 Å². The summed E-state index contributed by atoms with van der Waals surface area (Å²) < 4.78 is 0. The number of hydrazine groups is 1. The second kappa shape index (κ2) is 3.75. The molecule has 1 aromatic rings. The molecule has 1 saturated heterocycles. The Hall–Kier alpha value is -2.10. The van der Waals surface area contributed by atoms with Crippen molar-refractivity contribution in [2.75, 3.05) is 5.01 Å². The third kappa shape index (κ3) is 1.40. The number of carbonyl (C=O) groups is 2. The normalized spacial score (nSPS) is 42.4. The first kappa shape index (κ1) is 11.5. The van der Waals surface area contributed by atoms with Gasteiger partial charge in [-0.2, -0.15) is 0 Å². The van der Waals surface area contributed by atoms with Crippen LogP contribution in [0, 0.1) is 35.5 Å². The molecular formula is C17H16N2O2. The van der Waals surface area contributed by atoms with E-state index in [-0.39, 0.29) is 35.5 Å². The van der Waals surface area contributed by atoms with Gasteiger partial charge in [-0.1, -0.05) is 30.4 Å². The van der Waals surface area contributed by atoms with Crippen LogP contribution in [-0.4, -0.2) is 11.8 Å². The summed E-state index contributed by atoms with van der Waals surface area (Å²) in [5.41, 5.74) is 3.56. The largest absolute Gasteiger partial charge is 0.273 e. The maximum atomic E-state index is 12.9. The Balaban J connectivity index is 1.56. The van der Waals surface area contributed by atoms with Crippen LogP contribution in [-0.2, 0) is 9.59 Å². The monoisotopic (exact) mass is 280 g/mol. The number of rotatable bonds is 1. The molecule has 106 valence electrons. The van der Waals surface area contributed by atoms with E-state index in [4.69, 9.17) is 0 Å². The van der Waals surface area contributed by atoms with Crippen molar-refractivity contribution >= 4 is 17.5 Å². The molecule has 2 bridgehead atoms. The van der Waals surface area contributed by atoms with E-state index in [0.717, 1.165) is 5.69 Å². The van der Waals surface area contributed by atoms with E-state index >= 15 is 0 Å². The topological polar surface area (TPSA) is 49.4 Å². The summed E-state index contributed by atoms with van der Waals surface area (Å²) in [4.78, 5) is 25.5. The molecule has 2 amide bonds. The average Bonchev–Trinajstić information content (AvgIpc) is 3.33. The molecule has 21 heavy (non-hydrogen) atoms. The molecule has 4 aliphatic carbocycles. The van der Waals surface area contributed by atoms with Crippen molar-refractivity contribution in [3.8, 4) is 0 Å². The molecule has 0 unspecified atom stereocenters. The predicted octanol–water partition coefficient (Wildman–Crippen LogP) is 1.75. The third-order valence-electron chi connectivity index (χ3n) is 5.70. The molecule has 1 N–H and O–H groups in total. The van der Waals surface area contributed by atoms with Gasteiger partial charge < -0.3 is 0 Å². The fourth-order valence-electron chi connectivity index (χ4n) is 4.73. The summed E-state index contributed by atoms with van der Waals surface area (Å²) >= 11 is 0. The first-order chi connectivity index (χ1) is 10.3. The lowest BCUT2D eigenvalue weighted by molar-refractivity contribution is -0.146. The Labute approximate surface area is 122 Å². The molecular weight excluding hydrogens is 264 g/mol. The maximum Gasteiger partial charge on any atom is 0.250 e. The van der Waals surface area contributed by atoms with Crippen molar-refractivity contribution < 1.29 is 9.59 Å². The van der Waals surface area contributed by atoms with Gasteiger partial charge in [0.05, 0.1) is 17.5 Å². The minimum absolute atomic E-state index is 0.00755. The van der Waals surface area contributed by atoms with E-state index in [9.17, 15) is 9.59 Å². The van der Waals surface area contributed by atoms with Crippen LogP contribution < -0.4 is 10.4 Å². The second-order valence-corrected chi connectivity index (χ2v) is 6.64. The van der Waals surface area contributed by atoms with Gasteiger partial charge in [-0.25, -0.2) is 5.01 Å². The lowest BCUT2D eigenvalue weighted by Crippen LogP contribution is -2.64. The van der Waals surface area contributed by atoms with Crippen LogP contribution in [0.4, 0.5) is 5.69 Å².